The van der Waals surface area contributed by atoms with E-state index in [2.05, 4.69) is 24.5 Å². The normalized spacial score (nSPS) is 15.9. The first kappa shape index (κ1) is 14.4. The minimum atomic E-state index is -0.280. The largest absolute Gasteiger partial charge is 0.346 e. The zero-order valence-corrected chi connectivity index (χ0v) is 12.3. The van der Waals surface area contributed by atoms with Crippen molar-refractivity contribution < 1.29 is 4.79 Å². The van der Waals surface area contributed by atoms with Crippen molar-refractivity contribution in [3.8, 4) is 0 Å². The second-order valence-corrected chi connectivity index (χ2v) is 5.58. The number of carbonyl (C=O) groups excluding carboxylic acids is 1. The van der Waals surface area contributed by atoms with Crippen LogP contribution in [0, 0.1) is 5.92 Å². The third kappa shape index (κ3) is 2.93. The van der Waals surface area contributed by atoms with Crippen molar-refractivity contribution in [2.75, 3.05) is 13.1 Å². The van der Waals surface area contributed by atoms with Gasteiger partial charge in [0.2, 0.25) is 5.91 Å². The van der Waals surface area contributed by atoms with Crippen LogP contribution in [-0.2, 0) is 10.3 Å². The third-order valence-electron chi connectivity index (χ3n) is 4.12. The second-order valence-electron chi connectivity index (χ2n) is 5.14. The Morgan fingerprint density at radius 3 is 2.32 bits per heavy atom. The van der Waals surface area contributed by atoms with Crippen LogP contribution in [0.15, 0.2) is 24.3 Å². The van der Waals surface area contributed by atoms with E-state index in [0.717, 1.165) is 36.5 Å². The van der Waals surface area contributed by atoms with Gasteiger partial charge in [-0.1, -0.05) is 37.6 Å². The van der Waals surface area contributed by atoms with Crippen LogP contribution < -0.4 is 10.6 Å². The summed E-state index contributed by atoms with van der Waals surface area (Å²) in [4.78, 5) is 12.2. The van der Waals surface area contributed by atoms with E-state index in [1.165, 1.54) is 0 Å². The van der Waals surface area contributed by atoms with E-state index in [0.29, 0.717) is 0 Å². The molecule has 19 heavy (non-hydrogen) atoms. The lowest BCUT2D eigenvalue weighted by Gasteiger charge is -2.37. The van der Waals surface area contributed by atoms with Crippen LogP contribution in [0.1, 0.15) is 32.3 Å². The van der Waals surface area contributed by atoms with Crippen molar-refractivity contribution in [1.82, 2.24) is 10.6 Å². The number of hydrogen-bond donors (Lipinski definition) is 2. The second kappa shape index (κ2) is 5.93. The molecule has 0 unspecified atom stereocenters. The van der Waals surface area contributed by atoms with Crippen LogP contribution in [0.25, 0.3) is 0 Å². The molecule has 1 saturated heterocycles. The summed E-state index contributed by atoms with van der Waals surface area (Å²) >= 11 is 5.94. The Morgan fingerprint density at radius 2 is 1.89 bits per heavy atom. The summed E-state index contributed by atoms with van der Waals surface area (Å²) in [5.74, 6) is 0.266. The van der Waals surface area contributed by atoms with Crippen LogP contribution in [0.2, 0.25) is 5.02 Å². The summed E-state index contributed by atoms with van der Waals surface area (Å²) in [6.45, 7) is 5.79. The molecule has 0 radical (unpaired) electrons. The third-order valence-corrected chi connectivity index (χ3v) is 4.37. The zero-order chi connectivity index (χ0) is 13.9. The molecule has 4 heteroatoms. The van der Waals surface area contributed by atoms with Crippen LogP contribution in [0.5, 0.6) is 0 Å². The van der Waals surface area contributed by atoms with Gasteiger partial charge >= 0.3 is 0 Å². The van der Waals surface area contributed by atoms with E-state index < -0.39 is 0 Å². The molecule has 1 aromatic rings. The van der Waals surface area contributed by atoms with Gasteiger partial charge in [0.1, 0.15) is 0 Å². The molecule has 0 aromatic heterocycles. The van der Waals surface area contributed by atoms with Crippen molar-refractivity contribution in [3.05, 3.63) is 34.9 Å². The van der Waals surface area contributed by atoms with Gasteiger partial charge in [0.15, 0.2) is 0 Å². The lowest BCUT2D eigenvalue weighted by molar-refractivity contribution is -0.128. The van der Waals surface area contributed by atoms with Crippen molar-refractivity contribution in [1.29, 1.82) is 0 Å². The molecule has 0 atom stereocenters. The number of benzene rings is 1. The van der Waals surface area contributed by atoms with Gasteiger partial charge in [-0.3, -0.25) is 4.79 Å². The summed E-state index contributed by atoms with van der Waals surface area (Å²) in [6, 6.07) is 7.78. The van der Waals surface area contributed by atoms with Gasteiger partial charge < -0.3 is 10.6 Å². The molecule has 1 heterocycles. The number of hydrogen-bond acceptors (Lipinski definition) is 2. The number of rotatable bonds is 5. The highest BCUT2D eigenvalue weighted by atomic mass is 35.5. The zero-order valence-electron chi connectivity index (χ0n) is 11.5. The first-order chi connectivity index (χ1) is 9.11. The molecule has 0 spiro atoms. The highest BCUT2D eigenvalue weighted by molar-refractivity contribution is 6.30. The molecule has 2 N–H and O–H groups in total. The van der Waals surface area contributed by atoms with Gasteiger partial charge in [-0.15, -0.1) is 0 Å². The molecule has 3 nitrogen and oxygen atoms in total. The summed E-state index contributed by atoms with van der Waals surface area (Å²) < 4.78 is 0. The molecule has 0 bridgehead atoms. The van der Waals surface area contributed by atoms with Crippen LogP contribution in [0.3, 0.4) is 0 Å². The highest BCUT2D eigenvalue weighted by Gasteiger charge is 2.34. The number of amides is 1. The van der Waals surface area contributed by atoms with E-state index in [-0.39, 0.29) is 17.4 Å². The average molecular weight is 281 g/mol. The lowest BCUT2D eigenvalue weighted by atomic mass is 9.83. The summed E-state index contributed by atoms with van der Waals surface area (Å²) in [5, 5.41) is 7.10. The topological polar surface area (TPSA) is 41.1 Å². The fourth-order valence-corrected chi connectivity index (χ4v) is 2.61. The fraction of sp³-hybridized carbons (Fsp3) is 0.533. The van der Waals surface area contributed by atoms with Crippen molar-refractivity contribution in [2.24, 2.45) is 5.92 Å². The quantitative estimate of drug-likeness (QED) is 0.871. The Bertz CT molecular complexity index is 436. The Hall–Kier alpha value is -1.06. The maximum absolute atomic E-state index is 12.2. The Kier molecular flexibility index (Phi) is 4.48. The van der Waals surface area contributed by atoms with Gasteiger partial charge in [0, 0.05) is 18.1 Å². The molecule has 104 valence electrons. The van der Waals surface area contributed by atoms with Gasteiger partial charge in [-0.25, -0.2) is 0 Å². The Labute approximate surface area is 119 Å². The molecule has 1 aliphatic heterocycles. The van der Waals surface area contributed by atoms with E-state index >= 15 is 0 Å². The van der Waals surface area contributed by atoms with Crippen LogP contribution >= 0.6 is 11.6 Å². The highest BCUT2D eigenvalue weighted by Crippen LogP contribution is 2.30. The fourth-order valence-electron chi connectivity index (χ4n) is 2.49. The molecule has 1 aliphatic rings. The van der Waals surface area contributed by atoms with E-state index in [9.17, 15) is 4.79 Å². The molecule has 0 aliphatic carbocycles. The monoisotopic (exact) mass is 280 g/mol. The number of carbonyl (C=O) groups is 1. The molecule has 1 amide bonds. The molecular weight excluding hydrogens is 260 g/mol. The first-order valence-corrected chi connectivity index (χ1v) is 7.28. The molecule has 1 fully saturated rings. The smallest absolute Gasteiger partial charge is 0.226 e. The Morgan fingerprint density at radius 1 is 1.32 bits per heavy atom. The minimum absolute atomic E-state index is 0.116. The molecular formula is C15H21ClN2O. The standard InChI is InChI=1S/C15H21ClN2O/c1-3-15(4-2,12-5-7-13(16)8-6-12)18-14(19)11-9-17-10-11/h5-8,11,17H,3-4,9-10H2,1-2H3,(H,18,19). The lowest BCUT2D eigenvalue weighted by Crippen LogP contribution is -2.55. The maximum Gasteiger partial charge on any atom is 0.226 e. The van der Waals surface area contributed by atoms with Gasteiger partial charge in [-0.05, 0) is 30.5 Å². The van der Waals surface area contributed by atoms with Crippen molar-refractivity contribution in [2.45, 2.75) is 32.2 Å². The number of halogens is 1. The SMILES string of the molecule is CCC(CC)(NC(=O)C1CNC1)c1ccc(Cl)cc1. The van der Waals surface area contributed by atoms with Gasteiger partial charge in [0.25, 0.3) is 0 Å². The molecule has 2 rings (SSSR count). The van der Waals surface area contributed by atoms with Crippen molar-refractivity contribution in [3.63, 3.8) is 0 Å². The van der Waals surface area contributed by atoms with E-state index in [4.69, 9.17) is 11.6 Å². The van der Waals surface area contributed by atoms with Gasteiger partial charge in [0.05, 0.1) is 11.5 Å². The minimum Gasteiger partial charge on any atom is -0.346 e. The first-order valence-electron chi connectivity index (χ1n) is 6.90. The summed E-state index contributed by atoms with van der Waals surface area (Å²) in [5.41, 5.74) is 0.847. The molecule has 0 saturated carbocycles. The summed E-state index contributed by atoms with van der Waals surface area (Å²) in [6.07, 6.45) is 1.74. The van der Waals surface area contributed by atoms with E-state index in [1.807, 2.05) is 24.3 Å². The van der Waals surface area contributed by atoms with Crippen LogP contribution in [-0.4, -0.2) is 19.0 Å². The average Bonchev–Trinajstić information content (AvgIpc) is 2.35. The predicted octanol–water partition coefficient (Wildman–Crippen LogP) is 2.69. The predicted molar refractivity (Wildman–Crippen MR) is 78.2 cm³/mol. The van der Waals surface area contributed by atoms with E-state index in [1.54, 1.807) is 0 Å². The molecule has 1 aromatic carbocycles. The van der Waals surface area contributed by atoms with Gasteiger partial charge in [-0.2, -0.15) is 0 Å². The maximum atomic E-state index is 12.2. The summed E-state index contributed by atoms with van der Waals surface area (Å²) in [7, 11) is 0. The number of nitrogens with one attached hydrogen (secondary N) is 2. The van der Waals surface area contributed by atoms with Crippen molar-refractivity contribution >= 4 is 17.5 Å². The van der Waals surface area contributed by atoms with Crippen LogP contribution in [0.4, 0.5) is 0 Å². The Balaban J connectivity index is 2.20.